The van der Waals surface area contributed by atoms with E-state index in [1.165, 1.54) is 24.8 Å². The van der Waals surface area contributed by atoms with Crippen LogP contribution in [0.3, 0.4) is 0 Å². The Kier molecular flexibility index (Phi) is 16.1. The highest BCUT2D eigenvalue weighted by atomic mass is 28.4. The highest BCUT2D eigenvalue weighted by Gasteiger charge is 2.80. The van der Waals surface area contributed by atoms with Crippen LogP contribution in [0.5, 0.6) is 0 Å². The van der Waals surface area contributed by atoms with Crippen molar-refractivity contribution in [3.05, 3.63) is 47.1 Å². The predicted octanol–water partition coefficient (Wildman–Crippen LogP) is 19.0. The van der Waals surface area contributed by atoms with Crippen LogP contribution in [0, 0.1) is 104 Å². The molecule has 12 fully saturated rings. The molecule has 0 radical (unpaired) electrons. The quantitative estimate of drug-likeness (QED) is 0.111. The standard InChI is InChI=1S/2C27H44O5Si.C27H42O4Si/c2*1-15-20(32-33(9,10)23(2,3)4)19-18-16(24(18,5)6)11-12-26(19,8)17-13-25(7,29)14-27(17)21(15)30-22(28)31-27;1-15-13-18-26(8)12-11-17-19(25(17,6)7)20(26)21(31-32(9,10)24(3,4)5)16(2)22-27(18,14-15)30-23(28)29-22/h2*13,15-16,18-21,29H,11-12,14H2,1-10H3;13,16-17,19-22H,1,11-12,14H2,2-10H3/t15-,16+,18+,19+,20+,21+,25+,26+,27-;15-,16+,18+,19+,20+,21+,25-,26+,27-;16-,17+,19+,20+,21+,22+,26+,27-/m000/s1. The molecular weight excluding hydrogens is 1280 g/mol. The molecule has 550 valence electrons. The third-order valence-corrected chi connectivity index (χ3v) is 45.9. The molecule has 3 spiro atoms. The number of aliphatic hydroxyl groups is 2. The Hall–Kier alpha value is -2.78. The zero-order valence-corrected chi connectivity index (χ0v) is 69.0. The molecule has 0 bridgehead atoms. The van der Waals surface area contributed by atoms with Crippen LogP contribution in [0.25, 0.3) is 0 Å². The van der Waals surface area contributed by atoms with Crippen molar-refractivity contribution in [2.75, 3.05) is 0 Å². The molecule has 3 aliphatic heterocycles. The predicted molar refractivity (Wildman–Crippen MR) is 389 cm³/mol. The summed E-state index contributed by atoms with van der Waals surface area (Å²) in [6, 6.07) is 0. The van der Waals surface area contributed by atoms with Crippen molar-refractivity contribution in [2.45, 2.75) is 336 Å². The van der Waals surface area contributed by atoms with Gasteiger partial charge >= 0.3 is 18.5 Å². The van der Waals surface area contributed by atoms with Crippen LogP contribution in [0.2, 0.25) is 54.4 Å². The maximum atomic E-state index is 12.6. The molecule has 2 N–H and O–H groups in total. The molecule has 0 aromatic rings. The molecule has 0 aromatic carbocycles. The smallest absolute Gasteiger partial charge is 0.426 e. The number of carbonyl (C=O) groups excluding carboxylic acids is 3. The van der Waals surface area contributed by atoms with Crippen molar-refractivity contribution in [3.8, 4) is 0 Å². The van der Waals surface area contributed by atoms with Gasteiger partial charge in [-0.15, -0.1) is 0 Å². The van der Waals surface area contributed by atoms with Gasteiger partial charge in [-0.2, -0.15) is 0 Å². The molecule has 14 nitrogen and oxygen atoms in total. The fourth-order valence-corrected chi connectivity index (χ4v) is 28.5. The first-order valence-electron chi connectivity index (χ1n) is 38.4. The number of carbonyl (C=O) groups is 3. The lowest BCUT2D eigenvalue weighted by Crippen LogP contribution is -2.53. The van der Waals surface area contributed by atoms with E-state index in [1.807, 2.05) is 26.0 Å². The van der Waals surface area contributed by atoms with Crippen molar-refractivity contribution in [1.82, 2.24) is 0 Å². The Balaban J connectivity index is 0.000000132. The van der Waals surface area contributed by atoms with Gasteiger partial charge in [0.1, 0.15) is 0 Å². The molecule has 9 saturated carbocycles. The van der Waals surface area contributed by atoms with Crippen molar-refractivity contribution in [1.29, 1.82) is 0 Å². The van der Waals surface area contributed by atoms with E-state index < -0.39 is 83.6 Å². The second kappa shape index (κ2) is 21.5. The molecule has 15 aliphatic rings. The van der Waals surface area contributed by atoms with Gasteiger partial charge in [-0.25, -0.2) is 14.4 Å². The summed E-state index contributed by atoms with van der Waals surface area (Å²) in [5.41, 5.74) is 0.343. The van der Waals surface area contributed by atoms with Crippen LogP contribution in [0.15, 0.2) is 47.1 Å². The molecular formula is C81H130O14Si3. The molecule has 98 heavy (non-hydrogen) atoms. The zero-order chi connectivity index (χ0) is 72.8. The van der Waals surface area contributed by atoms with Crippen LogP contribution in [-0.4, -0.2) is 118 Å². The van der Waals surface area contributed by atoms with E-state index in [2.05, 4.69) is 197 Å². The summed E-state index contributed by atoms with van der Waals surface area (Å²) in [5, 5.41) is 22.7. The first kappa shape index (κ1) is 73.5. The molecule has 0 unspecified atom stereocenters. The van der Waals surface area contributed by atoms with E-state index in [0.29, 0.717) is 72.0 Å². The second-order valence-electron chi connectivity index (χ2n) is 42.8. The molecule has 15 rings (SSSR count). The Morgan fingerprint density at radius 2 is 0.704 bits per heavy atom. The average molecular weight is 1410 g/mol. The summed E-state index contributed by atoms with van der Waals surface area (Å²) in [6.07, 6.45) is 11.5. The van der Waals surface area contributed by atoms with E-state index in [9.17, 15) is 24.6 Å². The Labute approximate surface area is 593 Å². The lowest BCUT2D eigenvalue weighted by Gasteiger charge is -2.50. The fourth-order valence-electron chi connectivity index (χ4n) is 24.3. The Morgan fingerprint density at radius 3 is 0.990 bits per heavy atom. The third-order valence-electron chi connectivity index (χ3n) is 32.5. The Morgan fingerprint density at radius 1 is 0.439 bits per heavy atom. The van der Waals surface area contributed by atoms with E-state index >= 15 is 0 Å². The zero-order valence-electron chi connectivity index (χ0n) is 66.0. The van der Waals surface area contributed by atoms with E-state index in [4.69, 9.17) is 41.7 Å². The van der Waals surface area contributed by atoms with Crippen molar-refractivity contribution in [3.63, 3.8) is 0 Å². The number of hydrogen-bond donors (Lipinski definition) is 2. The monoisotopic (exact) mass is 1410 g/mol. The summed E-state index contributed by atoms with van der Waals surface area (Å²) in [4.78, 5) is 37.8. The second-order valence-corrected chi connectivity index (χ2v) is 57.1. The summed E-state index contributed by atoms with van der Waals surface area (Å²) in [7, 11) is -6.26. The molecule has 3 saturated heterocycles. The highest BCUT2D eigenvalue weighted by molar-refractivity contribution is 6.75. The number of allylic oxidation sites excluding steroid dienone is 1. The molecule has 3 heterocycles. The minimum atomic E-state index is -2.10. The van der Waals surface area contributed by atoms with E-state index in [0.717, 1.165) is 41.9 Å². The van der Waals surface area contributed by atoms with Gasteiger partial charge < -0.3 is 51.9 Å². The number of ether oxygens (including phenoxy) is 6. The first-order chi connectivity index (χ1) is 44.3. The van der Waals surface area contributed by atoms with Crippen molar-refractivity contribution in [2.24, 2.45) is 104 Å². The lowest BCUT2D eigenvalue weighted by atomic mass is 9.60. The number of hydrogen-bond acceptors (Lipinski definition) is 14. The van der Waals surface area contributed by atoms with Gasteiger partial charge in [0.2, 0.25) is 0 Å². The molecule has 17 heteroatoms. The van der Waals surface area contributed by atoms with E-state index in [1.54, 1.807) is 0 Å². The average Bonchev–Trinajstić information content (AvgIpc) is 1.51. The largest absolute Gasteiger partial charge is 0.509 e. The molecule has 12 aliphatic carbocycles. The normalized spacial score (nSPS) is 49.0. The summed E-state index contributed by atoms with van der Waals surface area (Å²) in [5.74, 6) is 4.92. The minimum absolute atomic E-state index is 0.0155. The van der Waals surface area contributed by atoms with Crippen LogP contribution < -0.4 is 0 Å². The van der Waals surface area contributed by atoms with Gasteiger partial charge in [0, 0.05) is 37.0 Å². The van der Waals surface area contributed by atoms with E-state index in [-0.39, 0.29) is 84.4 Å². The van der Waals surface area contributed by atoms with Crippen molar-refractivity contribution >= 4 is 43.4 Å². The maximum absolute atomic E-state index is 12.6. The topological polar surface area (TPSA) is 175 Å². The van der Waals surface area contributed by atoms with Crippen LogP contribution in [0.1, 0.15) is 217 Å². The lowest BCUT2D eigenvalue weighted by molar-refractivity contribution is -0.0451. The van der Waals surface area contributed by atoms with Gasteiger partial charge in [-0.05, 0) is 221 Å². The van der Waals surface area contributed by atoms with Crippen molar-refractivity contribution < 1.29 is 66.3 Å². The Bertz CT molecular complexity index is 3290. The fraction of sp³-hybridized carbons (Fsp3) is 0.864. The van der Waals surface area contributed by atoms with Gasteiger partial charge in [0.25, 0.3) is 0 Å². The van der Waals surface area contributed by atoms with Crippen LogP contribution in [-0.2, 0) is 41.7 Å². The maximum Gasteiger partial charge on any atom is 0.509 e. The molecule has 0 amide bonds. The van der Waals surface area contributed by atoms with Gasteiger partial charge in [0.15, 0.2) is 60.1 Å². The minimum Gasteiger partial charge on any atom is -0.426 e. The molecule has 0 aromatic heterocycles. The third kappa shape index (κ3) is 10.3. The SMILES string of the molecule is C=C1C=C2[C@]3(C1)OC(=O)O[C@@H]3[C@@H](C)[C@@H](O[Si](C)(C)C(C)(C)C)[C@H]1[C@H]3[C@@H](CC[C@]21C)C3(C)C.C[C@H]1[C@@H](O[Si](C)(C)C(C)(C)C)[C@H]2[C@H]3[C@@H](CC[C@]2(C)C2=C[C@@](C)(O)C[C@]24OC(=O)O[C@H]14)C3(C)C.C[C@H]1[C@@H](O[Si](C)(C)C(C)(C)C)[C@H]2[C@H]3[C@@H](CC[C@]2(C)C2=C[C@](C)(O)C[C@]24OC(=O)O[C@H]14)C3(C)C. The first-order valence-corrected chi connectivity index (χ1v) is 47.1. The summed E-state index contributed by atoms with van der Waals surface area (Å²) >= 11 is 0. The van der Waals surface area contributed by atoms with Crippen LogP contribution in [0.4, 0.5) is 14.4 Å². The summed E-state index contributed by atoms with van der Waals surface area (Å²) in [6.45, 7) is 71.0. The summed E-state index contributed by atoms with van der Waals surface area (Å²) < 4.78 is 58.2. The number of fused-ring (bicyclic) bond motifs is 12. The highest BCUT2D eigenvalue weighted by Crippen LogP contribution is 2.80. The molecule has 26 atom stereocenters. The van der Waals surface area contributed by atoms with Gasteiger partial charge in [-0.3, -0.25) is 0 Å². The van der Waals surface area contributed by atoms with Crippen LogP contribution >= 0.6 is 0 Å². The number of rotatable bonds is 6. The van der Waals surface area contributed by atoms with Gasteiger partial charge in [0.05, 0.1) is 29.5 Å². The van der Waals surface area contributed by atoms with Gasteiger partial charge in [-0.1, -0.05) is 164 Å².